The van der Waals surface area contributed by atoms with E-state index in [1.807, 2.05) is 11.8 Å². The molecule has 2 unspecified atom stereocenters. The van der Waals surface area contributed by atoms with Gasteiger partial charge < -0.3 is 10.6 Å². The molecule has 4 nitrogen and oxygen atoms in total. The standard InChI is InChI=1S/C15H25N3OS.2ClH/c1-9(2)5-13-17-11(4)14(20-13)15(19)18-8-12(7-16)6-10(18)3;;/h9-10,12H,5-8,16H2,1-4H3;2*1H. The van der Waals surface area contributed by atoms with E-state index in [-0.39, 0.29) is 36.8 Å². The lowest BCUT2D eigenvalue weighted by Gasteiger charge is -2.20. The fourth-order valence-corrected chi connectivity index (χ4v) is 4.05. The monoisotopic (exact) mass is 367 g/mol. The second kappa shape index (κ2) is 9.06. The summed E-state index contributed by atoms with van der Waals surface area (Å²) in [7, 11) is 0. The molecule has 1 aromatic heterocycles. The van der Waals surface area contributed by atoms with Crippen LogP contribution >= 0.6 is 36.2 Å². The Kier molecular flexibility index (Phi) is 8.91. The van der Waals surface area contributed by atoms with E-state index in [2.05, 4.69) is 25.8 Å². The summed E-state index contributed by atoms with van der Waals surface area (Å²) in [5.41, 5.74) is 6.61. The maximum absolute atomic E-state index is 12.7. The van der Waals surface area contributed by atoms with Gasteiger partial charge in [-0.1, -0.05) is 13.8 Å². The van der Waals surface area contributed by atoms with E-state index >= 15 is 0 Å². The van der Waals surface area contributed by atoms with Gasteiger partial charge in [-0.3, -0.25) is 4.79 Å². The highest BCUT2D eigenvalue weighted by molar-refractivity contribution is 7.13. The van der Waals surface area contributed by atoms with Crippen LogP contribution in [0.2, 0.25) is 0 Å². The number of thiazole rings is 1. The lowest BCUT2D eigenvalue weighted by molar-refractivity contribution is 0.0747. The predicted octanol–water partition coefficient (Wildman–Crippen LogP) is 3.30. The Morgan fingerprint density at radius 1 is 1.45 bits per heavy atom. The average molecular weight is 368 g/mol. The third-order valence-electron chi connectivity index (χ3n) is 3.87. The fourth-order valence-electron chi connectivity index (χ4n) is 2.81. The molecule has 0 aliphatic carbocycles. The maximum Gasteiger partial charge on any atom is 0.266 e. The Labute approximate surface area is 149 Å². The molecule has 1 fully saturated rings. The third kappa shape index (κ3) is 4.82. The molecule has 1 aromatic rings. The molecule has 22 heavy (non-hydrogen) atoms. The number of aromatic nitrogens is 1. The van der Waals surface area contributed by atoms with Crippen molar-refractivity contribution in [2.24, 2.45) is 17.6 Å². The topological polar surface area (TPSA) is 59.2 Å². The first-order valence-electron chi connectivity index (χ1n) is 7.39. The van der Waals surface area contributed by atoms with Gasteiger partial charge in [-0.15, -0.1) is 36.2 Å². The van der Waals surface area contributed by atoms with Gasteiger partial charge in [-0.25, -0.2) is 4.98 Å². The van der Waals surface area contributed by atoms with Gasteiger partial charge >= 0.3 is 0 Å². The summed E-state index contributed by atoms with van der Waals surface area (Å²) in [6.45, 7) is 9.84. The van der Waals surface area contributed by atoms with Crippen molar-refractivity contribution in [1.82, 2.24) is 9.88 Å². The van der Waals surface area contributed by atoms with Crippen LogP contribution in [0, 0.1) is 18.8 Å². The molecule has 0 saturated carbocycles. The number of rotatable bonds is 4. The van der Waals surface area contributed by atoms with E-state index in [0.717, 1.165) is 35.0 Å². The van der Waals surface area contributed by atoms with Crippen molar-refractivity contribution in [3.05, 3.63) is 15.6 Å². The summed E-state index contributed by atoms with van der Waals surface area (Å²) in [5.74, 6) is 1.15. The summed E-state index contributed by atoms with van der Waals surface area (Å²) in [6, 6.07) is 0.283. The Balaban J connectivity index is 0.00000220. The number of amides is 1. The molecule has 0 bridgehead atoms. The molecular formula is C15H27Cl2N3OS. The van der Waals surface area contributed by atoms with Crippen molar-refractivity contribution in [3.63, 3.8) is 0 Å². The maximum atomic E-state index is 12.7. The molecule has 0 aromatic carbocycles. The summed E-state index contributed by atoms with van der Waals surface area (Å²) in [4.78, 5) is 20.0. The number of nitrogens with two attached hydrogens (primary N) is 1. The Bertz CT molecular complexity index is 493. The van der Waals surface area contributed by atoms with E-state index in [1.54, 1.807) is 11.3 Å². The zero-order chi connectivity index (χ0) is 14.9. The molecule has 0 spiro atoms. The smallest absolute Gasteiger partial charge is 0.266 e. The molecule has 0 radical (unpaired) electrons. The van der Waals surface area contributed by atoms with Crippen LogP contribution < -0.4 is 5.73 Å². The quantitative estimate of drug-likeness (QED) is 0.887. The number of likely N-dealkylation sites (tertiary alicyclic amines) is 1. The largest absolute Gasteiger partial charge is 0.335 e. The van der Waals surface area contributed by atoms with Crippen molar-refractivity contribution in [2.75, 3.05) is 13.1 Å². The Hall–Kier alpha value is -0.360. The molecule has 1 aliphatic heterocycles. The number of hydrogen-bond donors (Lipinski definition) is 1. The van der Waals surface area contributed by atoms with E-state index in [0.29, 0.717) is 18.4 Å². The number of nitrogens with zero attached hydrogens (tertiary/aromatic N) is 2. The predicted molar refractivity (Wildman–Crippen MR) is 97.5 cm³/mol. The van der Waals surface area contributed by atoms with Crippen molar-refractivity contribution in [3.8, 4) is 0 Å². The molecule has 1 aliphatic rings. The third-order valence-corrected chi connectivity index (χ3v) is 5.04. The SMILES string of the molecule is Cc1nc(CC(C)C)sc1C(=O)N1CC(CN)CC1C.Cl.Cl. The molecule has 1 saturated heterocycles. The van der Waals surface area contributed by atoms with Gasteiger partial charge in [-0.2, -0.15) is 0 Å². The molecule has 1 amide bonds. The highest BCUT2D eigenvalue weighted by Crippen LogP contribution is 2.28. The van der Waals surface area contributed by atoms with Crippen molar-refractivity contribution in [2.45, 2.75) is 46.6 Å². The molecule has 2 N–H and O–H groups in total. The molecule has 128 valence electrons. The second-order valence-electron chi connectivity index (χ2n) is 6.26. The fraction of sp³-hybridized carbons (Fsp3) is 0.733. The Morgan fingerprint density at radius 2 is 2.09 bits per heavy atom. The molecule has 7 heteroatoms. The van der Waals surface area contributed by atoms with Crippen molar-refractivity contribution in [1.29, 1.82) is 0 Å². The van der Waals surface area contributed by atoms with Crippen molar-refractivity contribution >= 4 is 42.1 Å². The Morgan fingerprint density at radius 3 is 2.59 bits per heavy atom. The normalized spacial score (nSPS) is 20.7. The first kappa shape index (κ1) is 21.6. The summed E-state index contributed by atoms with van der Waals surface area (Å²) >= 11 is 1.56. The van der Waals surface area contributed by atoms with Crippen LogP contribution in [0.4, 0.5) is 0 Å². The van der Waals surface area contributed by atoms with Crippen LogP contribution in [-0.2, 0) is 6.42 Å². The average Bonchev–Trinajstić information content (AvgIpc) is 2.91. The van der Waals surface area contributed by atoms with Crippen LogP contribution in [0.1, 0.15) is 47.6 Å². The van der Waals surface area contributed by atoms with Crippen LogP contribution in [0.15, 0.2) is 0 Å². The van der Waals surface area contributed by atoms with Gasteiger partial charge in [0.2, 0.25) is 0 Å². The zero-order valence-corrected chi connectivity index (χ0v) is 16.1. The minimum absolute atomic E-state index is 0. The number of hydrogen-bond acceptors (Lipinski definition) is 4. The summed E-state index contributed by atoms with van der Waals surface area (Å²) in [5, 5.41) is 1.07. The summed E-state index contributed by atoms with van der Waals surface area (Å²) < 4.78 is 0. The number of carbonyl (C=O) groups excluding carboxylic acids is 1. The van der Waals surface area contributed by atoms with Crippen LogP contribution in [0.3, 0.4) is 0 Å². The first-order valence-corrected chi connectivity index (χ1v) is 8.21. The lowest BCUT2D eigenvalue weighted by Crippen LogP contribution is -2.34. The van der Waals surface area contributed by atoms with Gasteiger partial charge in [0.1, 0.15) is 4.88 Å². The molecule has 2 atom stereocenters. The van der Waals surface area contributed by atoms with Gasteiger partial charge in [0, 0.05) is 19.0 Å². The van der Waals surface area contributed by atoms with E-state index in [4.69, 9.17) is 5.73 Å². The van der Waals surface area contributed by atoms with E-state index in [9.17, 15) is 4.79 Å². The van der Waals surface area contributed by atoms with Crippen molar-refractivity contribution < 1.29 is 4.79 Å². The highest BCUT2D eigenvalue weighted by atomic mass is 35.5. The van der Waals surface area contributed by atoms with Gasteiger partial charge in [-0.05, 0) is 38.6 Å². The van der Waals surface area contributed by atoms with Crippen LogP contribution in [-0.4, -0.2) is 34.9 Å². The first-order chi connectivity index (χ1) is 9.42. The lowest BCUT2D eigenvalue weighted by atomic mass is 10.1. The van der Waals surface area contributed by atoms with Gasteiger partial charge in [0.15, 0.2) is 0 Å². The van der Waals surface area contributed by atoms with Crippen LogP contribution in [0.25, 0.3) is 0 Å². The van der Waals surface area contributed by atoms with E-state index in [1.165, 1.54) is 0 Å². The van der Waals surface area contributed by atoms with E-state index < -0.39 is 0 Å². The number of aryl methyl sites for hydroxylation is 1. The number of carbonyl (C=O) groups is 1. The second-order valence-corrected chi connectivity index (χ2v) is 7.35. The van der Waals surface area contributed by atoms with Crippen LogP contribution in [0.5, 0.6) is 0 Å². The minimum atomic E-state index is 0. The molecule has 2 rings (SSSR count). The van der Waals surface area contributed by atoms with Gasteiger partial charge in [0.25, 0.3) is 5.91 Å². The minimum Gasteiger partial charge on any atom is -0.335 e. The number of halogens is 2. The highest BCUT2D eigenvalue weighted by Gasteiger charge is 2.33. The van der Waals surface area contributed by atoms with Gasteiger partial charge in [0.05, 0.1) is 10.7 Å². The summed E-state index contributed by atoms with van der Waals surface area (Å²) in [6.07, 6.45) is 1.96. The zero-order valence-electron chi connectivity index (χ0n) is 13.7. The molecular weight excluding hydrogens is 341 g/mol. The molecule has 2 heterocycles.